The van der Waals surface area contributed by atoms with Crippen molar-refractivity contribution in [3.8, 4) is 17.2 Å². The minimum absolute atomic E-state index is 0.0256. The lowest BCUT2D eigenvalue weighted by Gasteiger charge is -2.11. The van der Waals surface area contributed by atoms with Crippen LogP contribution in [-0.2, 0) is 0 Å². The van der Waals surface area contributed by atoms with Gasteiger partial charge in [-0.15, -0.1) is 0 Å². The van der Waals surface area contributed by atoms with E-state index in [4.69, 9.17) is 14.2 Å². The summed E-state index contributed by atoms with van der Waals surface area (Å²) >= 11 is 0. The topological polar surface area (TPSA) is 99.9 Å². The van der Waals surface area contributed by atoms with E-state index in [1.165, 1.54) is 26.4 Å². The largest absolute Gasteiger partial charge is 0.497 e. The summed E-state index contributed by atoms with van der Waals surface area (Å²) in [5, 5.41) is 13.5. The minimum Gasteiger partial charge on any atom is -0.497 e. The fourth-order valence-electron chi connectivity index (χ4n) is 2.23. The summed E-state index contributed by atoms with van der Waals surface area (Å²) in [6, 6.07) is 10.9. The van der Waals surface area contributed by atoms with Gasteiger partial charge in [0.15, 0.2) is 0 Å². The van der Waals surface area contributed by atoms with E-state index >= 15 is 0 Å². The molecule has 1 N–H and O–H groups in total. The van der Waals surface area contributed by atoms with E-state index in [1.807, 2.05) is 0 Å². The van der Waals surface area contributed by atoms with Gasteiger partial charge in [0.05, 0.1) is 37.4 Å². The fraction of sp³-hybridized carbons (Fsp3) is 0.278. The number of hydrogen-bond acceptors (Lipinski definition) is 6. The lowest BCUT2D eigenvalue weighted by Crippen LogP contribution is -2.26. The maximum absolute atomic E-state index is 12.2. The molecule has 0 bridgehead atoms. The predicted molar refractivity (Wildman–Crippen MR) is 95.1 cm³/mol. The number of rotatable bonds is 9. The van der Waals surface area contributed by atoms with E-state index in [9.17, 15) is 14.9 Å². The van der Waals surface area contributed by atoms with Crippen molar-refractivity contribution < 1.29 is 23.9 Å². The van der Waals surface area contributed by atoms with Crippen LogP contribution < -0.4 is 19.5 Å². The van der Waals surface area contributed by atoms with E-state index in [0.717, 1.165) is 0 Å². The van der Waals surface area contributed by atoms with Crippen LogP contribution in [0, 0.1) is 10.1 Å². The molecule has 2 aromatic carbocycles. The molecule has 0 saturated carbocycles. The summed E-state index contributed by atoms with van der Waals surface area (Å²) in [6.45, 7) is 0.712. The van der Waals surface area contributed by atoms with Crippen molar-refractivity contribution in [1.82, 2.24) is 5.32 Å². The summed E-state index contributed by atoms with van der Waals surface area (Å²) in [5.74, 6) is 1.18. The van der Waals surface area contributed by atoms with Gasteiger partial charge in [0, 0.05) is 18.7 Å². The number of nitrogens with one attached hydrogen (secondary N) is 1. The molecule has 8 nitrogen and oxygen atoms in total. The monoisotopic (exact) mass is 360 g/mol. The number of ether oxygens (including phenoxy) is 3. The molecule has 2 aromatic rings. The van der Waals surface area contributed by atoms with E-state index < -0.39 is 4.92 Å². The summed E-state index contributed by atoms with van der Waals surface area (Å²) in [6.07, 6.45) is 0.549. The molecule has 0 aliphatic rings. The van der Waals surface area contributed by atoms with E-state index in [0.29, 0.717) is 42.4 Å². The molecule has 0 spiro atoms. The van der Waals surface area contributed by atoms with Crippen molar-refractivity contribution in [2.45, 2.75) is 6.42 Å². The SMILES string of the molecule is COc1ccc(C(=O)NCCCOc2cccc([N+](=O)[O-])c2)c(OC)c1. The Hall–Kier alpha value is -3.29. The zero-order valence-corrected chi connectivity index (χ0v) is 14.6. The Bertz CT molecular complexity index is 778. The maximum atomic E-state index is 12.2. The van der Waals surface area contributed by atoms with Gasteiger partial charge < -0.3 is 19.5 Å². The number of carbonyl (C=O) groups is 1. The average molecular weight is 360 g/mol. The molecular weight excluding hydrogens is 340 g/mol. The van der Waals surface area contributed by atoms with E-state index in [2.05, 4.69) is 5.32 Å². The minimum atomic E-state index is -0.477. The summed E-state index contributed by atoms with van der Waals surface area (Å²) < 4.78 is 15.8. The zero-order valence-electron chi connectivity index (χ0n) is 14.6. The van der Waals surface area contributed by atoms with Crippen LogP contribution in [0.3, 0.4) is 0 Å². The van der Waals surface area contributed by atoms with Crippen LogP contribution in [0.15, 0.2) is 42.5 Å². The van der Waals surface area contributed by atoms with Gasteiger partial charge in [-0.1, -0.05) is 6.07 Å². The van der Waals surface area contributed by atoms with E-state index in [1.54, 1.807) is 30.3 Å². The Morgan fingerprint density at radius 1 is 1.12 bits per heavy atom. The first-order valence-corrected chi connectivity index (χ1v) is 7.92. The highest BCUT2D eigenvalue weighted by Crippen LogP contribution is 2.24. The third-order valence-electron chi connectivity index (χ3n) is 3.56. The zero-order chi connectivity index (χ0) is 18.9. The molecule has 0 saturated heterocycles. The van der Waals surface area contributed by atoms with Crippen LogP contribution in [0.4, 0.5) is 5.69 Å². The third-order valence-corrected chi connectivity index (χ3v) is 3.56. The third kappa shape index (κ3) is 5.10. The predicted octanol–water partition coefficient (Wildman–Crippen LogP) is 2.81. The van der Waals surface area contributed by atoms with Crippen LogP contribution in [0.25, 0.3) is 0 Å². The molecule has 0 aliphatic carbocycles. The number of non-ortho nitro benzene ring substituents is 1. The lowest BCUT2D eigenvalue weighted by atomic mass is 10.1. The number of nitro groups is 1. The molecular formula is C18H20N2O6. The summed E-state index contributed by atoms with van der Waals surface area (Å²) in [5.41, 5.74) is 0.385. The van der Waals surface area contributed by atoms with Crippen LogP contribution in [0.5, 0.6) is 17.2 Å². The standard InChI is InChI=1S/C18H20N2O6/c1-24-14-7-8-16(17(12-14)25-2)18(21)19-9-4-10-26-15-6-3-5-13(11-15)20(22)23/h3,5-8,11-12H,4,9-10H2,1-2H3,(H,19,21). The second-order valence-corrected chi connectivity index (χ2v) is 5.28. The van der Waals surface area contributed by atoms with E-state index in [-0.39, 0.29) is 11.6 Å². The van der Waals surface area contributed by atoms with Gasteiger partial charge in [0.2, 0.25) is 0 Å². The number of nitro benzene ring substituents is 1. The van der Waals surface area contributed by atoms with Gasteiger partial charge in [-0.05, 0) is 24.6 Å². The number of amides is 1. The number of hydrogen-bond donors (Lipinski definition) is 1. The number of carbonyl (C=O) groups excluding carboxylic acids is 1. The van der Waals surface area contributed by atoms with Crippen molar-refractivity contribution in [3.05, 3.63) is 58.1 Å². The molecule has 2 rings (SSSR count). The first-order chi connectivity index (χ1) is 12.5. The van der Waals surface area contributed by atoms with Crippen LogP contribution in [0.2, 0.25) is 0 Å². The van der Waals surface area contributed by atoms with Gasteiger partial charge >= 0.3 is 0 Å². The van der Waals surface area contributed by atoms with Gasteiger partial charge in [0.1, 0.15) is 17.2 Å². The fourth-order valence-corrected chi connectivity index (χ4v) is 2.23. The first-order valence-electron chi connectivity index (χ1n) is 7.92. The average Bonchev–Trinajstić information content (AvgIpc) is 2.67. The summed E-state index contributed by atoms with van der Waals surface area (Å²) in [4.78, 5) is 22.5. The first kappa shape index (κ1) is 19.0. The van der Waals surface area contributed by atoms with Crippen molar-refractivity contribution in [2.24, 2.45) is 0 Å². The number of methoxy groups -OCH3 is 2. The Labute approximate surface area is 150 Å². The molecule has 1 amide bonds. The van der Waals surface area contributed by atoms with Gasteiger partial charge in [-0.3, -0.25) is 14.9 Å². The second-order valence-electron chi connectivity index (χ2n) is 5.28. The van der Waals surface area contributed by atoms with Crippen molar-refractivity contribution >= 4 is 11.6 Å². The number of nitrogens with zero attached hydrogens (tertiary/aromatic N) is 1. The van der Waals surface area contributed by atoms with Gasteiger partial charge in [0.25, 0.3) is 11.6 Å². The van der Waals surface area contributed by atoms with Crippen LogP contribution >= 0.6 is 0 Å². The lowest BCUT2D eigenvalue weighted by molar-refractivity contribution is -0.384. The second kappa shape index (κ2) is 9.26. The quantitative estimate of drug-likeness (QED) is 0.419. The van der Waals surface area contributed by atoms with Crippen molar-refractivity contribution in [1.29, 1.82) is 0 Å². The Balaban J connectivity index is 1.80. The number of benzene rings is 2. The molecule has 138 valence electrons. The van der Waals surface area contributed by atoms with Crippen molar-refractivity contribution in [3.63, 3.8) is 0 Å². The van der Waals surface area contributed by atoms with Crippen LogP contribution in [0.1, 0.15) is 16.8 Å². The highest BCUT2D eigenvalue weighted by Gasteiger charge is 2.13. The normalized spacial score (nSPS) is 10.1. The van der Waals surface area contributed by atoms with Gasteiger partial charge in [-0.2, -0.15) is 0 Å². The Kier molecular flexibility index (Phi) is 6.78. The van der Waals surface area contributed by atoms with Crippen molar-refractivity contribution in [2.75, 3.05) is 27.4 Å². The Morgan fingerprint density at radius 3 is 2.62 bits per heavy atom. The molecule has 26 heavy (non-hydrogen) atoms. The Morgan fingerprint density at radius 2 is 1.92 bits per heavy atom. The van der Waals surface area contributed by atoms with Crippen LogP contribution in [-0.4, -0.2) is 38.2 Å². The smallest absolute Gasteiger partial charge is 0.273 e. The maximum Gasteiger partial charge on any atom is 0.273 e. The van der Waals surface area contributed by atoms with Gasteiger partial charge in [-0.25, -0.2) is 0 Å². The highest BCUT2D eigenvalue weighted by molar-refractivity contribution is 5.97. The molecule has 0 unspecified atom stereocenters. The highest BCUT2D eigenvalue weighted by atomic mass is 16.6. The molecule has 0 aromatic heterocycles. The molecule has 0 atom stereocenters. The molecule has 8 heteroatoms. The molecule has 0 aliphatic heterocycles. The molecule has 0 fully saturated rings. The molecule has 0 radical (unpaired) electrons. The molecule has 0 heterocycles. The summed E-state index contributed by atoms with van der Waals surface area (Å²) in [7, 11) is 3.02.